The van der Waals surface area contributed by atoms with Gasteiger partial charge in [-0.05, 0) is 56.9 Å². The van der Waals surface area contributed by atoms with Gasteiger partial charge in [0.2, 0.25) is 0 Å². The van der Waals surface area contributed by atoms with Crippen LogP contribution in [0.15, 0.2) is 133 Å². The molecule has 6 rings (SSSR count). The summed E-state index contributed by atoms with van der Waals surface area (Å²) < 4.78 is 0. The largest absolute Gasteiger partial charge is 2.00 e. The summed E-state index contributed by atoms with van der Waals surface area (Å²) in [6.07, 6.45) is 0. The molecule has 1 heteroatoms. The molecule has 0 fully saturated rings. The molecule has 0 heterocycles. The predicted octanol–water partition coefficient (Wildman–Crippen LogP) is 11.6. The first-order valence-electron chi connectivity index (χ1n) is 14.5. The Labute approximate surface area is 296 Å². The van der Waals surface area contributed by atoms with Crippen molar-refractivity contribution in [3.8, 4) is 33.4 Å². The summed E-state index contributed by atoms with van der Waals surface area (Å²) in [5.41, 5.74) is 15.1. The maximum absolute atomic E-state index is 3.55. The van der Waals surface area contributed by atoms with Crippen molar-refractivity contribution < 1.29 is 0 Å². The van der Waals surface area contributed by atoms with E-state index in [0.717, 1.165) is 11.1 Å². The summed E-state index contributed by atoms with van der Waals surface area (Å²) in [4.78, 5) is 0. The number of rotatable bonds is 3. The Hall–Kier alpha value is -3.42. The molecule has 0 unspecified atom stereocenters. The number of hydrogen-bond acceptors (Lipinski definition) is 0. The summed E-state index contributed by atoms with van der Waals surface area (Å²) in [5, 5.41) is 0. The summed E-state index contributed by atoms with van der Waals surface area (Å²) in [7, 11) is 0. The van der Waals surface area contributed by atoms with Crippen LogP contribution in [0.25, 0.3) is 33.4 Å². The second kappa shape index (κ2) is 18.4. The van der Waals surface area contributed by atoms with Crippen LogP contribution in [0.2, 0.25) is 0 Å². The van der Waals surface area contributed by atoms with E-state index in [-0.39, 0.29) is 45.2 Å². The molecule has 0 N–H and O–H groups in total. The predicted molar refractivity (Wildman–Crippen MR) is 194 cm³/mol. The first kappa shape index (κ1) is 36.8. The zero-order valence-corrected chi connectivity index (χ0v) is 29.6. The van der Waals surface area contributed by atoms with E-state index in [1.807, 2.05) is 18.2 Å². The van der Waals surface area contributed by atoms with Crippen LogP contribution >= 0.6 is 0 Å². The van der Waals surface area contributed by atoms with Crippen molar-refractivity contribution in [1.82, 2.24) is 0 Å². The van der Waals surface area contributed by atoms with Crippen molar-refractivity contribution in [2.45, 2.75) is 41.5 Å². The molecule has 0 saturated carbocycles. The van der Waals surface area contributed by atoms with Gasteiger partial charge in [-0.1, -0.05) is 126 Å². The second-order valence-corrected chi connectivity index (χ2v) is 10.8. The van der Waals surface area contributed by atoms with Gasteiger partial charge in [0.15, 0.2) is 0 Å². The van der Waals surface area contributed by atoms with Crippen molar-refractivity contribution in [1.29, 1.82) is 0 Å². The molecule has 0 bridgehead atoms. The first-order chi connectivity index (χ1) is 20.3. The Bertz CT molecular complexity index is 1650. The Kier molecular flexibility index (Phi) is 15.4. The molecule has 0 aliphatic rings. The molecule has 6 aromatic carbocycles. The van der Waals surface area contributed by atoms with Crippen LogP contribution in [0.4, 0.5) is 0 Å². The van der Waals surface area contributed by atoms with Crippen LogP contribution in [0.1, 0.15) is 33.4 Å². The zero-order chi connectivity index (χ0) is 29.9. The van der Waals surface area contributed by atoms with Gasteiger partial charge < -0.3 is 7.43 Å². The van der Waals surface area contributed by atoms with Crippen molar-refractivity contribution in [2.24, 2.45) is 0 Å². The maximum Gasteiger partial charge on any atom is 2.00 e. The van der Waals surface area contributed by atoms with Crippen LogP contribution in [-0.2, 0) is 0 Å². The zero-order valence-electron chi connectivity index (χ0n) is 27.4. The van der Waals surface area contributed by atoms with E-state index in [1.54, 1.807) is 0 Å². The molecule has 0 nitrogen and oxygen atoms in total. The van der Waals surface area contributed by atoms with Crippen molar-refractivity contribution >= 4 is 37.7 Å². The summed E-state index contributed by atoms with van der Waals surface area (Å²) in [5.74, 6) is 0. The molecule has 218 valence electrons. The van der Waals surface area contributed by atoms with E-state index in [1.165, 1.54) is 55.6 Å². The van der Waals surface area contributed by atoms with E-state index >= 15 is 0 Å². The van der Waals surface area contributed by atoms with Gasteiger partial charge in [-0.15, -0.1) is 23.3 Å². The topological polar surface area (TPSA) is 0 Å². The van der Waals surface area contributed by atoms with Gasteiger partial charge in [-0.25, -0.2) is 5.56 Å². The fourth-order valence-corrected chi connectivity index (χ4v) is 4.80. The third-order valence-electron chi connectivity index (χ3n) is 7.37. The van der Waals surface area contributed by atoms with Crippen LogP contribution in [0.3, 0.4) is 0 Å². The Morgan fingerprint density at radius 2 is 0.818 bits per heavy atom. The molecule has 0 saturated heterocycles. The number of benzene rings is 6. The standard InChI is InChI=1S/C20H16.C14H14.C8H10.CH3.Ca/c1-15-8-6-7-11-19(15)20-14-18(13-12-16(20)2)17-9-4-3-5-10-17;1-11-7-3-5-9-13(11)14-10-6-4-8-12(14)2;1-7-3-5-8(2)6-4-7;;/h3-9,11-13H,1-2H3;3-10H,1-2H3;3-6H,1-2H3;1H3;/q-2;;;-1;+2. The summed E-state index contributed by atoms with van der Waals surface area (Å²) in [6, 6.07) is 53.1. The van der Waals surface area contributed by atoms with Crippen LogP contribution in [0.5, 0.6) is 0 Å². The Morgan fingerprint density at radius 3 is 1.25 bits per heavy atom. The van der Waals surface area contributed by atoms with Gasteiger partial charge in [0, 0.05) is 0 Å². The van der Waals surface area contributed by atoms with Crippen molar-refractivity contribution in [2.75, 3.05) is 0 Å². The Morgan fingerprint density at radius 1 is 0.386 bits per heavy atom. The summed E-state index contributed by atoms with van der Waals surface area (Å²) in [6.45, 7) is 12.8. The van der Waals surface area contributed by atoms with Gasteiger partial charge in [0.25, 0.3) is 0 Å². The second-order valence-electron chi connectivity index (χ2n) is 10.8. The van der Waals surface area contributed by atoms with Gasteiger partial charge in [-0.2, -0.15) is 42.0 Å². The number of aryl methyl sites for hydroxylation is 6. The molecule has 0 radical (unpaired) electrons. The third-order valence-corrected chi connectivity index (χ3v) is 7.37. The summed E-state index contributed by atoms with van der Waals surface area (Å²) >= 11 is 0. The van der Waals surface area contributed by atoms with Gasteiger partial charge in [0.1, 0.15) is 0 Å². The van der Waals surface area contributed by atoms with Crippen LogP contribution in [0, 0.1) is 61.1 Å². The minimum Gasteiger partial charge on any atom is -0.358 e. The quantitative estimate of drug-likeness (QED) is 0.140. The average Bonchev–Trinajstić information content (AvgIpc) is 3.01. The minimum absolute atomic E-state index is 0. The molecule has 44 heavy (non-hydrogen) atoms. The van der Waals surface area contributed by atoms with Crippen LogP contribution in [-0.4, -0.2) is 37.7 Å². The van der Waals surface area contributed by atoms with Crippen molar-refractivity contribution in [3.05, 3.63) is 186 Å². The molecule has 0 spiro atoms. The maximum atomic E-state index is 3.55. The van der Waals surface area contributed by atoms with Gasteiger partial charge in [-0.3, -0.25) is 0 Å². The van der Waals surface area contributed by atoms with Gasteiger partial charge >= 0.3 is 37.7 Å². The molecular weight excluding hydrogens is 557 g/mol. The normalized spacial score (nSPS) is 9.68. The van der Waals surface area contributed by atoms with Crippen LogP contribution < -0.4 is 0 Å². The van der Waals surface area contributed by atoms with Crippen molar-refractivity contribution in [3.63, 3.8) is 0 Å². The molecule has 6 aromatic rings. The monoisotopic (exact) mass is 599 g/mol. The fraction of sp³-hybridized carbons (Fsp3) is 0.140. The Balaban J connectivity index is 0.000000246. The minimum atomic E-state index is 0. The van der Waals surface area contributed by atoms with E-state index < -0.39 is 0 Å². The van der Waals surface area contributed by atoms with Gasteiger partial charge in [0.05, 0.1) is 0 Å². The average molecular weight is 600 g/mol. The fourth-order valence-electron chi connectivity index (χ4n) is 4.80. The molecule has 0 aliphatic heterocycles. The van der Waals surface area contributed by atoms with E-state index in [2.05, 4.69) is 169 Å². The number of hydrogen-bond donors (Lipinski definition) is 0. The SMILES string of the molecule is Cc1ccc(-c2[c-]cccc2)[c-]c1-c1ccccc1C.Cc1ccc(C)cc1.Cc1ccccc1-c1ccccc1C.[CH3-].[Ca+2]. The van der Waals surface area contributed by atoms with E-state index in [0.29, 0.717) is 0 Å². The van der Waals surface area contributed by atoms with E-state index in [9.17, 15) is 0 Å². The molecule has 0 atom stereocenters. The first-order valence-corrected chi connectivity index (χ1v) is 14.5. The smallest absolute Gasteiger partial charge is 0.358 e. The van der Waals surface area contributed by atoms with E-state index in [4.69, 9.17) is 0 Å². The molecule has 0 aromatic heterocycles. The molecule has 0 amide bonds. The molecular formula is C43H43Ca-. The third kappa shape index (κ3) is 10.3. The molecule has 0 aliphatic carbocycles.